The number of hydrogen-bond acceptors (Lipinski definition) is 1. The van der Waals surface area contributed by atoms with Gasteiger partial charge in [0.25, 0.3) is 0 Å². The number of rotatable bonds is 3. The second-order valence-corrected chi connectivity index (χ2v) is 13.0. The lowest BCUT2D eigenvalue weighted by Gasteiger charge is -2.47. The first-order valence-electron chi connectivity index (χ1n) is 9.49. The zero-order valence-corrected chi connectivity index (χ0v) is 17.0. The summed E-state index contributed by atoms with van der Waals surface area (Å²) in [5, 5.41) is 2.91. The van der Waals surface area contributed by atoms with Gasteiger partial charge in [0.2, 0.25) is 0 Å². The van der Waals surface area contributed by atoms with Gasteiger partial charge in [-0.1, -0.05) is 105 Å². The van der Waals surface area contributed by atoms with Crippen LogP contribution in [0.5, 0.6) is 0 Å². The highest BCUT2D eigenvalue weighted by Gasteiger charge is 2.50. The van der Waals surface area contributed by atoms with Crippen molar-refractivity contribution >= 4 is 24.2 Å². The van der Waals surface area contributed by atoms with E-state index in [0.29, 0.717) is 11.3 Å². The molecule has 1 fully saturated rings. The molecule has 1 nitrogen and oxygen atoms in total. The molecule has 1 saturated carbocycles. The fourth-order valence-electron chi connectivity index (χ4n) is 4.91. The quantitative estimate of drug-likeness (QED) is 0.736. The molecule has 0 N–H and O–H groups in total. The van der Waals surface area contributed by atoms with Crippen molar-refractivity contribution in [1.29, 1.82) is 0 Å². The van der Waals surface area contributed by atoms with E-state index < -0.39 is 8.07 Å². The Kier molecular flexibility index (Phi) is 5.01. The Morgan fingerprint density at radius 2 is 1.36 bits per heavy atom. The summed E-state index contributed by atoms with van der Waals surface area (Å²) in [4.78, 5) is 13.0. The standard InChI is InChI=1S/C23H30OSi/c1-23(2,3)22-20(24)16-11-17-21(22)25(4,18-12-7-5-8-13-18)19-14-9-6-10-15-19/h5-10,12-15,21-22H,11,16-17H2,1-4H3/t21-,22+/m0/s1. The van der Waals surface area contributed by atoms with Gasteiger partial charge < -0.3 is 0 Å². The molecule has 0 unspecified atom stereocenters. The maximum Gasteiger partial charge on any atom is 0.136 e. The summed E-state index contributed by atoms with van der Waals surface area (Å²) < 4.78 is 0. The molecule has 1 aliphatic rings. The lowest BCUT2D eigenvalue weighted by molar-refractivity contribution is -0.128. The zero-order chi connectivity index (χ0) is 18.1. The van der Waals surface area contributed by atoms with Crippen LogP contribution in [0, 0.1) is 11.3 Å². The maximum atomic E-state index is 13.0. The highest BCUT2D eigenvalue weighted by atomic mass is 28.3. The van der Waals surface area contributed by atoms with Crippen molar-refractivity contribution < 1.29 is 4.79 Å². The van der Waals surface area contributed by atoms with Crippen molar-refractivity contribution in [2.45, 2.75) is 52.1 Å². The van der Waals surface area contributed by atoms with E-state index in [2.05, 4.69) is 88.0 Å². The summed E-state index contributed by atoms with van der Waals surface area (Å²) in [7, 11) is -2.04. The van der Waals surface area contributed by atoms with Gasteiger partial charge in [0.15, 0.2) is 0 Å². The normalized spacial score (nSPS) is 22.0. The van der Waals surface area contributed by atoms with E-state index in [4.69, 9.17) is 0 Å². The number of Topliss-reactive ketones (excluding diaryl/α,β-unsaturated/α-hetero) is 1. The van der Waals surface area contributed by atoms with E-state index in [1.165, 1.54) is 16.8 Å². The van der Waals surface area contributed by atoms with E-state index in [1.807, 2.05) is 0 Å². The second kappa shape index (κ2) is 6.91. The van der Waals surface area contributed by atoms with Crippen LogP contribution in [-0.4, -0.2) is 13.9 Å². The van der Waals surface area contributed by atoms with E-state index in [9.17, 15) is 4.79 Å². The summed E-state index contributed by atoms with van der Waals surface area (Å²) in [5.41, 5.74) is 0.471. The fourth-order valence-corrected chi connectivity index (χ4v) is 10.0. The van der Waals surface area contributed by atoms with Crippen molar-refractivity contribution in [2.75, 3.05) is 0 Å². The molecule has 0 spiro atoms. The molecule has 0 radical (unpaired) electrons. The number of hydrogen-bond donors (Lipinski definition) is 0. The van der Waals surface area contributed by atoms with E-state index in [1.54, 1.807) is 0 Å². The minimum absolute atomic E-state index is 0.0139. The van der Waals surface area contributed by atoms with Crippen LogP contribution < -0.4 is 10.4 Å². The van der Waals surface area contributed by atoms with E-state index in [0.717, 1.165) is 12.8 Å². The summed E-state index contributed by atoms with van der Waals surface area (Å²) in [6.45, 7) is 9.23. The first-order chi connectivity index (χ1) is 11.8. The Balaban J connectivity index is 2.19. The number of carbonyl (C=O) groups excluding carboxylic acids is 1. The molecular formula is C23H30OSi. The van der Waals surface area contributed by atoms with Gasteiger partial charge in [-0.3, -0.25) is 4.79 Å². The Morgan fingerprint density at radius 1 is 0.880 bits per heavy atom. The maximum absolute atomic E-state index is 13.0. The number of carbonyl (C=O) groups is 1. The molecule has 0 saturated heterocycles. The molecule has 3 rings (SSSR count). The van der Waals surface area contributed by atoms with Crippen molar-refractivity contribution in [2.24, 2.45) is 11.3 Å². The molecule has 0 heterocycles. The van der Waals surface area contributed by atoms with Crippen LogP contribution in [0.4, 0.5) is 0 Å². The van der Waals surface area contributed by atoms with Crippen molar-refractivity contribution in [3.05, 3.63) is 60.7 Å². The lowest BCUT2D eigenvalue weighted by Crippen LogP contribution is -2.63. The van der Waals surface area contributed by atoms with Crippen LogP contribution in [0.3, 0.4) is 0 Å². The van der Waals surface area contributed by atoms with Gasteiger partial charge in [-0.15, -0.1) is 0 Å². The third-order valence-corrected chi connectivity index (χ3v) is 11.3. The minimum Gasteiger partial charge on any atom is -0.299 e. The Bertz CT molecular complexity index is 675. The largest absolute Gasteiger partial charge is 0.299 e. The molecule has 2 aromatic rings. The highest BCUT2D eigenvalue weighted by Crippen LogP contribution is 2.47. The minimum atomic E-state index is -2.04. The van der Waals surface area contributed by atoms with Crippen LogP contribution in [-0.2, 0) is 4.79 Å². The molecule has 2 heteroatoms. The molecule has 25 heavy (non-hydrogen) atoms. The van der Waals surface area contributed by atoms with Gasteiger partial charge in [0.05, 0.1) is 0 Å². The third kappa shape index (κ3) is 3.37. The SMILES string of the molecule is CC(C)(C)[C@@H]1C(=O)CCC[C@@H]1[Si](C)(c1ccccc1)c1ccccc1. The predicted octanol–water partition coefficient (Wildman–Crippen LogP) is 4.66. The van der Waals surface area contributed by atoms with E-state index >= 15 is 0 Å². The molecule has 0 bridgehead atoms. The van der Waals surface area contributed by atoms with Gasteiger partial charge in [0.1, 0.15) is 13.9 Å². The summed E-state index contributed by atoms with van der Waals surface area (Å²) >= 11 is 0. The van der Waals surface area contributed by atoms with Gasteiger partial charge in [0, 0.05) is 12.3 Å². The Labute approximate surface area is 153 Å². The van der Waals surface area contributed by atoms with Crippen LogP contribution in [0.25, 0.3) is 0 Å². The second-order valence-electron chi connectivity index (χ2n) is 8.74. The first-order valence-corrected chi connectivity index (χ1v) is 12.1. The van der Waals surface area contributed by atoms with Crippen molar-refractivity contribution in [3.63, 3.8) is 0 Å². The topological polar surface area (TPSA) is 17.1 Å². The smallest absolute Gasteiger partial charge is 0.136 e. The van der Waals surface area contributed by atoms with Crippen LogP contribution in [0.1, 0.15) is 40.0 Å². The summed E-state index contributed by atoms with van der Waals surface area (Å²) in [5.74, 6) is 0.632. The van der Waals surface area contributed by atoms with Crippen LogP contribution in [0.2, 0.25) is 12.1 Å². The fraction of sp³-hybridized carbons (Fsp3) is 0.435. The molecule has 2 atom stereocenters. The van der Waals surface area contributed by atoms with E-state index in [-0.39, 0.29) is 11.3 Å². The Hall–Kier alpha value is -1.67. The van der Waals surface area contributed by atoms with Gasteiger partial charge in [-0.2, -0.15) is 0 Å². The van der Waals surface area contributed by atoms with Crippen molar-refractivity contribution in [3.8, 4) is 0 Å². The average Bonchev–Trinajstić information content (AvgIpc) is 2.61. The van der Waals surface area contributed by atoms with Gasteiger partial charge in [-0.05, 0) is 17.4 Å². The molecule has 0 aliphatic heterocycles. The Morgan fingerprint density at radius 3 is 1.80 bits per heavy atom. The average molecular weight is 351 g/mol. The third-order valence-electron chi connectivity index (χ3n) is 6.11. The molecule has 1 aliphatic carbocycles. The first kappa shape index (κ1) is 18.1. The zero-order valence-electron chi connectivity index (χ0n) is 16.0. The molecule has 132 valence electrons. The van der Waals surface area contributed by atoms with Crippen molar-refractivity contribution in [1.82, 2.24) is 0 Å². The highest BCUT2D eigenvalue weighted by molar-refractivity contribution is 7.02. The monoisotopic (exact) mass is 350 g/mol. The lowest BCUT2D eigenvalue weighted by atomic mass is 9.71. The number of benzene rings is 2. The number of ketones is 1. The van der Waals surface area contributed by atoms with Crippen LogP contribution >= 0.6 is 0 Å². The van der Waals surface area contributed by atoms with Crippen LogP contribution in [0.15, 0.2) is 60.7 Å². The predicted molar refractivity (Wildman–Crippen MR) is 109 cm³/mol. The molecule has 0 amide bonds. The summed E-state index contributed by atoms with van der Waals surface area (Å²) in [6, 6.07) is 22.0. The molecular weight excluding hydrogens is 320 g/mol. The summed E-state index contributed by atoms with van der Waals surface area (Å²) in [6.07, 6.45) is 2.96. The molecule has 2 aromatic carbocycles. The van der Waals surface area contributed by atoms with Gasteiger partial charge in [-0.25, -0.2) is 0 Å². The molecule has 0 aromatic heterocycles. The van der Waals surface area contributed by atoms with Gasteiger partial charge >= 0.3 is 0 Å².